The Morgan fingerprint density at radius 1 is 1.62 bits per heavy atom. The zero-order valence-electron chi connectivity index (χ0n) is 8.17. The highest BCUT2D eigenvalue weighted by molar-refractivity contribution is 9.11. The number of aliphatic hydroxyl groups is 1. The topological polar surface area (TPSA) is 29.5 Å². The largest absolute Gasteiger partial charge is 0.490 e. The van der Waals surface area contributed by atoms with Gasteiger partial charge in [-0.15, -0.1) is 0 Å². The molecule has 0 aromatic heterocycles. The van der Waals surface area contributed by atoms with Crippen molar-refractivity contribution in [1.82, 2.24) is 0 Å². The molecule has 0 fully saturated rings. The van der Waals surface area contributed by atoms with E-state index in [0.717, 1.165) is 10.2 Å². The van der Waals surface area contributed by atoms with Gasteiger partial charge in [-0.2, -0.15) is 0 Å². The smallest absolute Gasteiger partial charge is 0.130 e. The molecule has 0 saturated heterocycles. The van der Waals surface area contributed by atoms with Gasteiger partial charge >= 0.3 is 0 Å². The van der Waals surface area contributed by atoms with Crippen LogP contribution in [0.15, 0.2) is 22.4 Å². The van der Waals surface area contributed by atoms with Crippen LogP contribution in [0.5, 0.6) is 0 Å². The van der Waals surface area contributed by atoms with Crippen molar-refractivity contribution in [2.45, 2.75) is 26.9 Å². The molecule has 1 rings (SSSR count). The first-order valence-corrected chi connectivity index (χ1v) is 5.13. The zero-order valence-corrected chi connectivity index (χ0v) is 9.76. The third-order valence-electron chi connectivity index (χ3n) is 1.91. The predicted octanol–water partition coefficient (Wildman–Crippen LogP) is 2.59. The molecule has 0 saturated carbocycles. The molecule has 2 nitrogen and oxygen atoms in total. The Morgan fingerprint density at radius 3 is 2.62 bits per heavy atom. The first-order chi connectivity index (χ1) is 5.93. The van der Waals surface area contributed by atoms with Crippen LogP contribution < -0.4 is 0 Å². The number of hydrogen-bond acceptors (Lipinski definition) is 2. The average molecular weight is 247 g/mol. The van der Waals surface area contributed by atoms with Crippen LogP contribution in [0, 0.1) is 5.41 Å². The second kappa shape index (κ2) is 3.84. The van der Waals surface area contributed by atoms with Crippen LogP contribution in [0.1, 0.15) is 20.8 Å². The van der Waals surface area contributed by atoms with Gasteiger partial charge < -0.3 is 9.84 Å². The minimum Gasteiger partial charge on any atom is -0.490 e. The van der Waals surface area contributed by atoms with Crippen molar-refractivity contribution in [1.29, 1.82) is 0 Å². The lowest BCUT2D eigenvalue weighted by atomic mass is 9.97. The Balaban J connectivity index is 2.62. The second-order valence-electron chi connectivity index (χ2n) is 3.89. The van der Waals surface area contributed by atoms with E-state index in [-0.39, 0.29) is 5.41 Å². The van der Waals surface area contributed by atoms with Crippen molar-refractivity contribution in [2.75, 3.05) is 6.61 Å². The predicted molar refractivity (Wildman–Crippen MR) is 56.5 cm³/mol. The number of ether oxygens (including phenoxy) is 1. The molecule has 0 spiro atoms. The van der Waals surface area contributed by atoms with E-state index in [1.54, 1.807) is 6.92 Å². The summed E-state index contributed by atoms with van der Waals surface area (Å²) in [5, 5.41) is 9.04. The maximum absolute atomic E-state index is 9.04. The summed E-state index contributed by atoms with van der Waals surface area (Å²) in [4.78, 5) is 0. The van der Waals surface area contributed by atoms with Gasteiger partial charge in [-0.3, -0.25) is 0 Å². The van der Waals surface area contributed by atoms with Gasteiger partial charge in [-0.25, -0.2) is 0 Å². The van der Waals surface area contributed by atoms with E-state index in [2.05, 4.69) is 35.9 Å². The molecule has 1 aliphatic rings. The molecule has 0 radical (unpaired) electrons. The molecule has 1 N–H and O–H groups in total. The lowest BCUT2D eigenvalue weighted by Gasteiger charge is -2.16. The number of halogens is 1. The monoisotopic (exact) mass is 246 g/mol. The number of aliphatic hydroxyl groups excluding tert-OH is 1. The molecule has 1 atom stereocenters. The molecule has 0 amide bonds. The normalized spacial score (nSPS) is 22.2. The summed E-state index contributed by atoms with van der Waals surface area (Å²) < 4.78 is 6.45. The SMILES string of the molecule is CC(O)COC1=C(Br)C(C)(C)C=C1. The average Bonchev–Trinajstić information content (AvgIpc) is 2.25. The Morgan fingerprint density at radius 2 is 2.23 bits per heavy atom. The standard InChI is InChI=1S/C10H15BrO2/c1-7(12)6-13-8-4-5-10(2,3)9(8)11/h4-5,7,12H,6H2,1-3H3. The second-order valence-corrected chi connectivity index (χ2v) is 4.69. The van der Waals surface area contributed by atoms with Crippen LogP contribution in [-0.4, -0.2) is 17.8 Å². The molecule has 74 valence electrons. The molecule has 1 aliphatic carbocycles. The minimum atomic E-state index is -0.426. The van der Waals surface area contributed by atoms with Gasteiger partial charge in [-0.05, 0) is 13.0 Å². The van der Waals surface area contributed by atoms with Crippen molar-refractivity contribution in [3.05, 3.63) is 22.4 Å². The summed E-state index contributed by atoms with van der Waals surface area (Å²) in [6, 6.07) is 0. The Kier molecular flexibility index (Phi) is 3.19. The van der Waals surface area contributed by atoms with Crippen LogP contribution in [0.25, 0.3) is 0 Å². The van der Waals surface area contributed by atoms with Crippen LogP contribution in [0.4, 0.5) is 0 Å². The van der Waals surface area contributed by atoms with E-state index in [1.165, 1.54) is 0 Å². The first-order valence-electron chi connectivity index (χ1n) is 4.34. The van der Waals surface area contributed by atoms with Gasteiger partial charge in [0.05, 0.1) is 6.10 Å². The van der Waals surface area contributed by atoms with Gasteiger partial charge in [0.2, 0.25) is 0 Å². The van der Waals surface area contributed by atoms with Gasteiger partial charge in [0.15, 0.2) is 0 Å². The number of allylic oxidation sites excluding steroid dienone is 3. The number of hydrogen-bond donors (Lipinski definition) is 1. The fraction of sp³-hybridized carbons (Fsp3) is 0.600. The molecule has 0 aromatic carbocycles. The lowest BCUT2D eigenvalue weighted by Crippen LogP contribution is -2.10. The van der Waals surface area contributed by atoms with Crippen molar-refractivity contribution in [3.8, 4) is 0 Å². The highest BCUT2D eigenvalue weighted by Crippen LogP contribution is 2.40. The van der Waals surface area contributed by atoms with Gasteiger partial charge in [0, 0.05) is 9.90 Å². The highest BCUT2D eigenvalue weighted by Gasteiger charge is 2.26. The summed E-state index contributed by atoms with van der Waals surface area (Å²) >= 11 is 3.49. The highest BCUT2D eigenvalue weighted by atomic mass is 79.9. The maximum atomic E-state index is 9.04. The van der Waals surface area contributed by atoms with Crippen molar-refractivity contribution >= 4 is 15.9 Å². The molecule has 0 heterocycles. The van der Waals surface area contributed by atoms with E-state index < -0.39 is 6.10 Å². The Hall–Kier alpha value is -0.280. The molecule has 13 heavy (non-hydrogen) atoms. The maximum Gasteiger partial charge on any atom is 0.130 e. The van der Waals surface area contributed by atoms with Gasteiger partial charge in [0.25, 0.3) is 0 Å². The molecule has 1 unspecified atom stereocenters. The summed E-state index contributed by atoms with van der Waals surface area (Å²) in [6.07, 6.45) is 3.59. The minimum absolute atomic E-state index is 0.0219. The summed E-state index contributed by atoms with van der Waals surface area (Å²) in [6.45, 7) is 6.25. The van der Waals surface area contributed by atoms with Gasteiger partial charge in [-0.1, -0.05) is 35.9 Å². The molecule has 0 aliphatic heterocycles. The van der Waals surface area contributed by atoms with Gasteiger partial charge in [0.1, 0.15) is 12.4 Å². The fourth-order valence-electron chi connectivity index (χ4n) is 1.07. The fourth-order valence-corrected chi connectivity index (χ4v) is 1.45. The van der Waals surface area contributed by atoms with E-state index in [4.69, 9.17) is 9.84 Å². The molecular formula is C10H15BrO2. The van der Waals surface area contributed by atoms with E-state index in [1.807, 2.05) is 6.08 Å². The third-order valence-corrected chi connectivity index (χ3v) is 3.33. The molecular weight excluding hydrogens is 232 g/mol. The van der Waals surface area contributed by atoms with Crippen molar-refractivity contribution < 1.29 is 9.84 Å². The van der Waals surface area contributed by atoms with Crippen LogP contribution >= 0.6 is 15.9 Å². The Labute approximate surface area is 87.4 Å². The van der Waals surface area contributed by atoms with Crippen molar-refractivity contribution in [2.24, 2.45) is 5.41 Å². The molecule has 0 aromatic rings. The zero-order chi connectivity index (χ0) is 10.1. The van der Waals surface area contributed by atoms with Crippen LogP contribution in [-0.2, 0) is 4.74 Å². The van der Waals surface area contributed by atoms with Crippen LogP contribution in [0.2, 0.25) is 0 Å². The summed E-state index contributed by atoms with van der Waals surface area (Å²) in [5.74, 6) is 0.825. The van der Waals surface area contributed by atoms with E-state index in [9.17, 15) is 0 Å². The van der Waals surface area contributed by atoms with E-state index >= 15 is 0 Å². The Bertz CT molecular complexity index is 252. The number of rotatable bonds is 3. The third kappa shape index (κ3) is 2.58. The van der Waals surface area contributed by atoms with Crippen LogP contribution in [0.3, 0.4) is 0 Å². The lowest BCUT2D eigenvalue weighted by molar-refractivity contribution is 0.0878. The molecule has 0 bridgehead atoms. The first kappa shape index (κ1) is 10.8. The van der Waals surface area contributed by atoms with Crippen molar-refractivity contribution in [3.63, 3.8) is 0 Å². The van der Waals surface area contributed by atoms with E-state index in [0.29, 0.717) is 6.61 Å². The quantitative estimate of drug-likeness (QED) is 0.830. The summed E-state index contributed by atoms with van der Waals surface area (Å²) in [7, 11) is 0. The molecule has 3 heteroatoms. The summed E-state index contributed by atoms with van der Waals surface area (Å²) in [5.41, 5.74) is 0.0219.